The predicted octanol–water partition coefficient (Wildman–Crippen LogP) is 4.51. The monoisotopic (exact) mass is 296 g/mol. The normalized spacial score (nSPS) is 12.5. The van der Waals surface area contributed by atoms with Gasteiger partial charge in [0.1, 0.15) is 0 Å². The molecule has 0 aliphatic heterocycles. The molecule has 2 nitrogen and oxygen atoms in total. The van der Waals surface area contributed by atoms with Gasteiger partial charge in [-0.15, -0.1) is 0 Å². The van der Waals surface area contributed by atoms with Crippen LogP contribution in [0.15, 0.2) is 54.7 Å². The third kappa shape index (κ3) is 2.78. The van der Waals surface area contributed by atoms with Gasteiger partial charge in [-0.2, -0.15) is 0 Å². The van der Waals surface area contributed by atoms with Gasteiger partial charge in [0.25, 0.3) is 0 Å². The van der Waals surface area contributed by atoms with Crippen molar-refractivity contribution in [2.75, 3.05) is 7.05 Å². The molecule has 1 heterocycles. The van der Waals surface area contributed by atoms with Crippen LogP contribution in [0, 0.1) is 6.92 Å². The number of rotatable bonds is 3. The van der Waals surface area contributed by atoms with Crippen LogP contribution < -0.4 is 5.32 Å². The maximum absolute atomic E-state index is 6.06. The summed E-state index contributed by atoms with van der Waals surface area (Å²) in [6.45, 7) is 2.08. The number of para-hydroxylation sites is 1. The summed E-state index contributed by atoms with van der Waals surface area (Å²) < 4.78 is 0. The first-order chi connectivity index (χ1) is 10.2. The third-order valence-electron chi connectivity index (χ3n) is 3.78. The summed E-state index contributed by atoms with van der Waals surface area (Å²) >= 11 is 6.06. The molecule has 0 aliphatic carbocycles. The molecule has 0 fully saturated rings. The van der Waals surface area contributed by atoms with E-state index in [1.54, 1.807) is 0 Å². The van der Waals surface area contributed by atoms with Gasteiger partial charge in [0, 0.05) is 16.6 Å². The lowest BCUT2D eigenvalue weighted by Crippen LogP contribution is -2.18. The second-order valence-electron chi connectivity index (χ2n) is 5.18. The lowest BCUT2D eigenvalue weighted by molar-refractivity contribution is 0.686. The van der Waals surface area contributed by atoms with Crippen LogP contribution in [0.2, 0.25) is 5.02 Å². The van der Waals surface area contributed by atoms with Crippen LogP contribution in [0.4, 0.5) is 0 Å². The molecule has 3 aromatic rings. The van der Waals surface area contributed by atoms with Crippen molar-refractivity contribution in [2.45, 2.75) is 13.0 Å². The van der Waals surface area contributed by atoms with Crippen molar-refractivity contribution < 1.29 is 0 Å². The van der Waals surface area contributed by atoms with E-state index in [4.69, 9.17) is 11.6 Å². The summed E-state index contributed by atoms with van der Waals surface area (Å²) in [7, 11) is 1.97. The van der Waals surface area contributed by atoms with Crippen LogP contribution in [0.1, 0.15) is 22.7 Å². The number of aromatic nitrogens is 1. The molecule has 0 amide bonds. The zero-order chi connectivity index (χ0) is 14.8. The first kappa shape index (κ1) is 14.1. The van der Waals surface area contributed by atoms with E-state index in [0.717, 1.165) is 21.5 Å². The van der Waals surface area contributed by atoms with E-state index in [0.29, 0.717) is 0 Å². The average Bonchev–Trinajstić information content (AvgIpc) is 2.50. The molecule has 1 aromatic heterocycles. The Labute approximate surface area is 129 Å². The lowest BCUT2D eigenvalue weighted by Gasteiger charge is -2.19. The Kier molecular flexibility index (Phi) is 3.91. The van der Waals surface area contributed by atoms with E-state index in [2.05, 4.69) is 35.4 Å². The quantitative estimate of drug-likeness (QED) is 0.769. The fourth-order valence-corrected chi connectivity index (χ4v) is 2.94. The number of aryl methyl sites for hydroxylation is 1. The van der Waals surface area contributed by atoms with Crippen LogP contribution in [-0.2, 0) is 0 Å². The van der Waals surface area contributed by atoms with Crippen LogP contribution >= 0.6 is 11.6 Å². The van der Waals surface area contributed by atoms with Gasteiger partial charge >= 0.3 is 0 Å². The zero-order valence-corrected chi connectivity index (χ0v) is 12.9. The van der Waals surface area contributed by atoms with Gasteiger partial charge in [-0.05, 0) is 54.9 Å². The Morgan fingerprint density at radius 1 is 1.10 bits per heavy atom. The number of benzene rings is 2. The van der Waals surface area contributed by atoms with Crippen molar-refractivity contribution in [2.24, 2.45) is 0 Å². The molecular weight excluding hydrogens is 280 g/mol. The molecule has 106 valence electrons. The summed E-state index contributed by atoms with van der Waals surface area (Å²) in [6.07, 6.45) is 1.94. The number of hydrogen-bond acceptors (Lipinski definition) is 2. The maximum atomic E-state index is 6.06. The molecule has 3 heteroatoms. The van der Waals surface area contributed by atoms with Crippen LogP contribution in [-0.4, -0.2) is 12.0 Å². The molecule has 0 spiro atoms. The molecular formula is C18H17ClN2. The fraction of sp³-hybridized carbons (Fsp3) is 0.167. The van der Waals surface area contributed by atoms with Crippen LogP contribution in [0.3, 0.4) is 0 Å². The topological polar surface area (TPSA) is 24.9 Å². The van der Waals surface area contributed by atoms with E-state index < -0.39 is 0 Å². The molecule has 1 atom stereocenters. The summed E-state index contributed by atoms with van der Waals surface area (Å²) in [5.74, 6) is 0. The molecule has 21 heavy (non-hydrogen) atoms. The van der Waals surface area contributed by atoms with Gasteiger partial charge in [0.05, 0.1) is 11.6 Å². The SMILES string of the molecule is CNC(c1cnc2ccccc2c1)c1ccc(Cl)cc1C. The molecule has 2 aromatic carbocycles. The minimum absolute atomic E-state index is 0.111. The van der Waals surface area contributed by atoms with E-state index in [1.807, 2.05) is 43.6 Å². The number of fused-ring (bicyclic) bond motifs is 1. The van der Waals surface area contributed by atoms with Gasteiger partial charge < -0.3 is 5.32 Å². The van der Waals surface area contributed by atoms with Crippen LogP contribution in [0.25, 0.3) is 10.9 Å². The van der Waals surface area contributed by atoms with E-state index in [9.17, 15) is 0 Å². The highest BCUT2D eigenvalue weighted by atomic mass is 35.5. The van der Waals surface area contributed by atoms with Gasteiger partial charge in [-0.25, -0.2) is 0 Å². The van der Waals surface area contributed by atoms with E-state index >= 15 is 0 Å². The number of halogens is 1. The molecule has 1 unspecified atom stereocenters. The van der Waals surface area contributed by atoms with Gasteiger partial charge in [-0.1, -0.05) is 35.9 Å². The third-order valence-corrected chi connectivity index (χ3v) is 4.01. The molecule has 0 aliphatic rings. The molecule has 0 saturated carbocycles. The van der Waals surface area contributed by atoms with Gasteiger partial charge in [0.2, 0.25) is 0 Å². The summed E-state index contributed by atoms with van der Waals surface area (Å²) in [5.41, 5.74) is 4.57. The highest BCUT2D eigenvalue weighted by molar-refractivity contribution is 6.30. The van der Waals surface area contributed by atoms with Gasteiger partial charge in [-0.3, -0.25) is 4.98 Å². The average molecular weight is 297 g/mol. The van der Waals surface area contributed by atoms with Crippen molar-refractivity contribution in [1.29, 1.82) is 0 Å². The lowest BCUT2D eigenvalue weighted by atomic mass is 9.95. The second kappa shape index (κ2) is 5.84. The Hall–Kier alpha value is -1.90. The van der Waals surface area contributed by atoms with Crippen molar-refractivity contribution >= 4 is 22.5 Å². The molecule has 0 radical (unpaired) electrons. The van der Waals surface area contributed by atoms with Crippen molar-refractivity contribution in [3.05, 3.63) is 76.4 Å². The molecule has 3 rings (SSSR count). The first-order valence-corrected chi connectivity index (χ1v) is 7.35. The minimum Gasteiger partial charge on any atom is -0.309 e. The smallest absolute Gasteiger partial charge is 0.0702 e. The highest BCUT2D eigenvalue weighted by Crippen LogP contribution is 2.27. The van der Waals surface area contributed by atoms with Crippen molar-refractivity contribution in [3.63, 3.8) is 0 Å². The summed E-state index contributed by atoms with van der Waals surface area (Å²) in [6, 6.07) is 16.5. The van der Waals surface area contributed by atoms with E-state index in [-0.39, 0.29) is 6.04 Å². The standard InChI is InChI=1S/C18H17ClN2/c1-12-9-15(19)7-8-16(12)18(20-2)14-10-13-5-3-4-6-17(13)21-11-14/h3-11,18,20H,1-2H3. The predicted molar refractivity (Wildman–Crippen MR) is 88.8 cm³/mol. The molecule has 0 bridgehead atoms. The number of nitrogens with one attached hydrogen (secondary N) is 1. The highest BCUT2D eigenvalue weighted by Gasteiger charge is 2.15. The Morgan fingerprint density at radius 2 is 1.90 bits per heavy atom. The fourth-order valence-electron chi connectivity index (χ4n) is 2.71. The summed E-state index contributed by atoms with van der Waals surface area (Å²) in [4.78, 5) is 4.56. The molecule has 0 saturated heterocycles. The number of pyridine rings is 1. The Morgan fingerprint density at radius 3 is 2.67 bits per heavy atom. The van der Waals surface area contributed by atoms with Gasteiger partial charge in [0.15, 0.2) is 0 Å². The summed E-state index contributed by atoms with van der Waals surface area (Å²) in [5, 5.41) is 5.30. The maximum Gasteiger partial charge on any atom is 0.0702 e. The number of nitrogens with zero attached hydrogens (tertiary/aromatic N) is 1. The molecule has 1 N–H and O–H groups in total. The minimum atomic E-state index is 0.111. The first-order valence-electron chi connectivity index (χ1n) is 6.97. The van der Waals surface area contributed by atoms with Crippen LogP contribution in [0.5, 0.6) is 0 Å². The Bertz CT molecular complexity index is 783. The largest absolute Gasteiger partial charge is 0.309 e. The Balaban J connectivity index is 2.09. The second-order valence-corrected chi connectivity index (χ2v) is 5.62. The van der Waals surface area contributed by atoms with E-state index in [1.165, 1.54) is 11.1 Å². The zero-order valence-electron chi connectivity index (χ0n) is 12.1. The number of hydrogen-bond donors (Lipinski definition) is 1. The van der Waals surface area contributed by atoms with Crippen molar-refractivity contribution in [3.8, 4) is 0 Å². The van der Waals surface area contributed by atoms with Crippen molar-refractivity contribution in [1.82, 2.24) is 10.3 Å².